The van der Waals surface area contributed by atoms with E-state index in [-0.39, 0.29) is 23.3 Å². The molecule has 2 aromatic heterocycles. The van der Waals surface area contributed by atoms with Gasteiger partial charge in [0.15, 0.2) is 0 Å². The highest BCUT2D eigenvalue weighted by molar-refractivity contribution is 6.07. The van der Waals surface area contributed by atoms with Crippen LogP contribution in [-0.2, 0) is 0 Å². The first-order valence-corrected chi connectivity index (χ1v) is 10.3. The van der Waals surface area contributed by atoms with Gasteiger partial charge >= 0.3 is 0 Å². The lowest BCUT2D eigenvalue weighted by atomic mass is 10.0. The van der Waals surface area contributed by atoms with Crippen molar-refractivity contribution in [2.24, 2.45) is 5.92 Å². The van der Waals surface area contributed by atoms with Crippen molar-refractivity contribution < 1.29 is 9.18 Å². The van der Waals surface area contributed by atoms with E-state index in [0.717, 1.165) is 24.8 Å². The van der Waals surface area contributed by atoms with Crippen molar-refractivity contribution in [3.05, 3.63) is 75.7 Å². The van der Waals surface area contributed by atoms with Crippen molar-refractivity contribution in [2.75, 3.05) is 12.0 Å². The zero-order valence-electron chi connectivity index (χ0n) is 17.1. The quantitative estimate of drug-likeness (QED) is 0.625. The van der Waals surface area contributed by atoms with Gasteiger partial charge < -0.3 is 10.7 Å². The van der Waals surface area contributed by atoms with Crippen LogP contribution in [0.25, 0.3) is 10.8 Å². The fourth-order valence-corrected chi connectivity index (χ4v) is 3.85. The molecule has 4 rings (SSSR count). The smallest absolute Gasteiger partial charge is 0.277 e. The molecule has 0 bridgehead atoms. The van der Waals surface area contributed by atoms with E-state index >= 15 is 0 Å². The molecule has 1 aliphatic rings. The number of carbonyl (C=O) groups is 1. The summed E-state index contributed by atoms with van der Waals surface area (Å²) < 4.78 is 14.8. The van der Waals surface area contributed by atoms with Crippen LogP contribution in [0.1, 0.15) is 53.8 Å². The van der Waals surface area contributed by atoms with Crippen LogP contribution in [0.3, 0.4) is 0 Å². The molecule has 1 fully saturated rings. The predicted molar refractivity (Wildman–Crippen MR) is 115 cm³/mol. The Bertz CT molecular complexity index is 1140. The first kappa shape index (κ1) is 20.1. The Kier molecular flexibility index (Phi) is 5.53. The summed E-state index contributed by atoms with van der Waals surface area (Å²) in [6.07, 6.45) is 5.99. The summed E-state index contributed by atoms with van der Waals surface area (Å²) in [7, 11) is 0. The third-order valence-electron chi connectivity index (χ3n) is 5.58. The second-order valence-corrected chi connectivity index (χ2v) is 7.77. The SMILES string of the molecule is CCCNn1c(C)c(C(=O)NC(c2ccc(F)cc2)C2CC2)c2cnccc2c1=O. The topological polar surface area (TPSA) is 76.0 Å². The lowest BCUT2D eigenvalue weighted by Gasteiger charge is -2.22. The lowest BCUT2D eigenvalue weighted by molar-refractivity contribution is 0.0932. The van der Waals surface area contributed by atoms with Gasteiger partial charge in [0.05, 0.1) is 22.7 Å². The summed E-state index contributed by atoms with van der Waals surface area (Å²) in [4.78, 5) is 30.5. The number of hydrogen-bond acceptors (Lipinski definition) is 4. The van der Waals surface area contributed by atoms with Crippen molar-refractivity contribution in [1.29, 1.82) is 0 Å². The Morgan fingerprint density at radius 2 is 1.97 bits per heavy atom. The van der Waals surface area contributed by atoms with Crippen LogP contribution in [0, 0.1) is 18.7 Å². The number of nitrogens with one attached hydrogen (secondary N) is 2. The standard InChI is InChI=1S/C23H25FN4O2/c1-3-11-26-28-14(2)20(19-13-25-12-10-18(19)23(28)30)22(29)27-21(15-4-5-15)16-6-8-17(24)9-7-16/h6-10,12-13,15,21,26H,3-5,11H2,1-2H3,(H,27,29). The number of carbonyl (C=O) groups excluding carboxylic acids is 1. The molecule has 0 saturated heterocycles. The summed E-state index contributed by atoms with van der Waals surface area (Å²) in [5.41, 5.74) is 4.75. The minimum Gasteiger partial charge on any atom is -0.345 e. The van der Waals surface area contributed by atoms with E-state index in [9.17, 15) is 14.0 Å². The maximum absolute atomic E-state index is 13.4. The highest BCUT2D eigenvalue weighted by Crippen LogP contribution is 2.41. The normalized spacial score (nSPS) is 14.5. The maximum Gasteiger partial charge on any atom is 0.277 e. The van der Waals surface area contributed by atoms with E-state index in [4.69, 9.17) is 0 Å². The van der Waals surface area contributed by atoms with Crippen molar-refractivity contribution >= 4 is 16.7 Å². The summed E-state index contributed by atoms with van der Waals surface area (Å²) >= 11 is 0. The van der Waals surface area contributed by atoms with E-state index < -0.39 is 0 Å². The molecule has 1 saturated carbocycles. The van der Waals surface area contributed by atoms with E-state index in [1.165, 1.54) is 16.8 Å². The highest BCUT2D eigenvalue weighted by Gasteiger charge is 2.34. The Balaban J connectivity index is 1.76. The van der Waals surface area contributed by atoms with E-state index in [1.807, 2.05) is 6.92 Å². The number of hydrogen-bond donors (Lipinski definition) is 2. The van der Waals surface area contributed by atoms with Crippen molar-refractivity contribution in [3.8, 4) is 0 Å². The van der Waals surface area contributed by atoms with E-state index in [0.29, 0.717) is 34.5 Å². The Morgan fingerprint density at radius 3 is 2.63 bits per heavy atom. The van der Waals surface area contributed by atoms with E-state index in [1.54, 1.807) is 37.5 Å². The second kappa shape index (κ2) is 8.26. The molecule has 2 heterocycles. The van der Waals surface area contributed by atoms with Gasteiger partial charge in [0, 0.05) is 24.3 Å². The van der Waals surface area contributed by atoms with Crippen molar-refractivity contribution in [3.63, 3.8) is 0 Å². The average Bonchev–Trinajstić information content (AvgIpc) is 3.58. The predicted octanol–water partition coefficient (Wildman–Crippen LogP) is 3.68. The van der Waals surface area contributed by atoms with Crippen LogP contribution >= 0.6 is 0 Å². The van der Waals surface area contributed by atoms with Gasteiger partial charge in [-0.2, -0.15) is 0 Å². The van der Waals surface area contributed by atoms with Gasteiger partial charge in [-0.25, -0.2) is 9.07 Å². The molecule has 0 spiro atoms. The van der Waals surface area contributed by atoms with Gasteiger partial charge in [0.1, 0.15) is 5.82 Å². The average molecular weight is 408 g/mol. The number of fused-ring (bicyclic) bond motifs is 1. The first-order valence-electron chi connectivity index (χ1n) is 10.3. The molecule has 1 unspecified atom stereocenters. The number of nitrogens with zero attached hydrogens (tertiary/aromatic N) is 2. The second-order valence-electron chi connectivity index (χ2n) is 7.77. The molecule has 30 heavy (non-hydrogen) atoms. The third kappa shape index (κ3) is 3.79. The molecule has 1 aliphatic carbocycles. The Morgan fingerprint density at radius 1 is 1.23 bits per heavy atom. The minimum atomic E-state index is -0.304. The van der Waals surface area contributed by atoms with Gasteiger partial charge in [-0.1, -0.05) is 19.1 Å². The van der Waals surface area contributed by atoms with E-state index in [2.05, 4.69) is 15.7 Å². The van der Waals surface area contributed by atoms with Crippen molar-refractivity contribution in [1.82, 2.24) is 15.0 Å². The summed E-state index contributed by atoms with van der Waals surface area (Å²) in [6.45, 7) is 4.38. The van der Waals surface area contributed by atoms with Gasteiger partial charge in [0.25, 0.3) is 11.5 Å². The van der Waals surface area contributed by atoms with Crippen LogP contribution in [0.4, 0.5) is 4.39 Å². The molecular formula is C23H25FN4O2. The minimum absolute atomic E-state index is 0.201. The zero-order valence-corrected chi connectivity index (χ0v) is 17.1. The number of aromatic nitrogens is 2. The number of pyridine rings is 2. The fraction of sp³-hybridized carbons (Fsp3) is 0.348. The molecule has 156 valence electrons. The molecule has 2 N–H and O–H groups in total. The molecule has 1 atom stereocenters. The van der Waals surface area contributed by atoms with Gasteiger partial charge in [0.2, 0.25) is 0 Å². The monoisotopic (exact) mass is 408 g/mol. The number of halogens is 1. The van der Waals surface area contributed by atoms with Crippen LogP contribution in [0.2, 0.25) is 0 Å². The van der Waals surface area contributed by atoms with Gasteiger partial charge in [-0.3, -0.25) is 14.6 Å². The molecular weight excluding hydrogens is 383 g/mol. The largest absolute Gasteiger partial charge is 0.345 e. The molecule has 3 aromatic rings. The van der Waals surface area contributed by atoms with Crippen LogP contribution in [-0.4, -0.2) is 22.1 Å². The fourth-order valence-electron chi connectivity index (χ4n) is 3.85. The van der Waals surface area contributed by atoms with Gasteiger partial charge in [-0.15, -0.1) is 0 Å². The molecule has 1 amide bonds. The third-order valence-corrected chi connectivity index (χ3v) is 5.58. The molecule has 6 nitrogen and oxygen atoms in total. The summed E-state index contributed by atoms with van der Waals surface area (Å²) in [5.74, 6) is -0.242. The number of benzene rings is 1. The molecule has 0 radical (unpaired) electrons. The van der Waals surface area contributed by atoms with Crippen LogP contribution in [0.15, 0.2) is 47.5 Å². The number of amides is 1. The summed E-state index contributed by atoms with van der Waals surface area (Å²) in [5, 5.41) is 4.10. The Hall–Kier alpha value is -3.22. The van der Waals surface area contributed by atoms with Crippen molar-refractivity contribution in [2.45, 2.75) is 39.2 Å². The highest BCUT2D eigenvalue weighted by atomic mass is 19.1. The van der Waals surface area contributed by atoms with Crippen LogP contribution < -0.4 is 16.3 Å². The first-order chi connectivity index (χ1) is 14.5. The molecule has 1 aromatic carbocycles. The zero-order chi connectivity index (χ0) is 21.3. The lowest BCUT2D eigenvalue weighted by Crippen LogP contribution is -2.36. The van der Waals surface area contributed by atoms with Crippen LogP contribution in [0.5, 0.6) is 0 Å². The summed E-state index contributed by atoms with van der Waals surface area (Å²) in [6, 6.07) is 7.69. The van der Waals surface area contributed by atoms with Gasteiger partial charge in [-0.05, 0) is 55.9 Å². The Labute approximate surface area is 174 Å². The molecule has 7 heteroatoms. The number of rotatable bonds is 7. The maximum atomic E-state index is 13.4. The molecule has 0 aliphatic heterocycles.